The third-order valence-corrected chi connectivity index (χ3v) is 6.74. The summed E-state index contributed by atoms with van der Waals surface area (Å²) in [7, 11) is 0. The molecular formula is C23H29N5O2S. The van der Waals surface area contributed by atoms with Gasteiger partial charge in [-0.2, -0.15) is 5.26 Å². The summed E-state index contributed by atoms with van der Waals surface area (Å²) in [5.74, 6) is -0.125. The fourth-order valence-corrected chi connectivity index (χ4v) is 4.69. The Hall–Kier alpha value is -2.73. The number of hydrogen-bond donors (Lipinski definition) is 2. The summed E-state index contributed by atoms with van der Waals surface area (Å²) in [6.07, 6.45) is 0.873. The van der Waals surface area contributed by atoms with Crippen molar-refractivity contribution in [3.8, 4) is 6.07 Å². The third kappa shape index (κ3) is 5.91. The number of nitrogens with one attached hydrogen (secondary N) is 2. The van der Waals surface area contributed by atoms with Crippen LogP contribution < -0.4 is 10.6 Å². The molecule has 0 atom stereocenters. The van der Waals surface area contributed by atoms with E-state index in [1.807, 2.05) is 38.1 Å². The largest absolute Gasteiger partial charge is 0.325 e. The van der Waals surface area contributed by atoms with Crippen molar-refractivity contribution in [1.29, 1.82) is 5.26 Å². The molecule has 2 N–H and O–H groups in total. The second kappa shape index (κ2) is 10.5. The minimum Gasteiger partial charge on any atom is -0.325 e. The molecule has 0 aliphatic carbocycles. The molecule has 31 heavy (non-hydrogen) atoms. The van der Waals surface area contributed by atoms with E-state index in [1.54, 1.807) is 0 Å². The Kier molecular flexibility index (Phi) is 7.80. The fraction of sp³-hybridized carbons (Fsp3) is 0.435. The summed E-state index contributed by atoms with van der Waals surface area (Å²) in [5.41, 5.74) is 3.48. The van der Waals surface area contributed by atoms with E-state index in [9.17, 15) is 14.9 Å². The van der Waals surface area contributed by atoms with Gasteiger partial charge in [-0.1, -0.05) is 25.1 Å². The maximum absolute atomic E-state index is 12.5. The summed E-state index contributed by atoms with van der Waals surface area (Å²) in [6, 6.07) is 10.0. The van der Waals surface area contributed by atoms with Gasteiger partial charge in [0.15, 0.2) is 0 Å². The van der Waals surface area contributed by atoms with Crippen LogP contribution in [0.25, 0.3) is 0 Å². The number of aryl methyl sites for hydroxylation is 2. The highest BCUT2D eigenvalue weighted by Crippen LogP contribution is 2.31. The lowest BCUT2D eigenvalue weighted by Gasteiger charge is -2.33. The van der Waals surface area contributed by atoms with Crippen LogP contribution in [0.5, 0.6) is 0 Å². The van der Waals surface area contributed by atoms with Gasteiger partial charge in [0.2, 0.25) is 11.8 Å². The Morgan fingerprint density at radius 2 is 1.61 bits per heavy atom. The Morgan fingerprint density at radius 1 is 1.03 bits per heavy atom. The van der Waals surface area contributed by atoms with Gasteiger partial charge in [0.25, 0.3) is 0 Å². The smallest absolute Gasteiger partial charge is 0.239 e. The molecule has 1 aliphatic rings. The van der Waals surface area contributed by atoms with E-state index >= 15 is 0 Å². The van der Waals surface area contributed by atoms with Crippen molar-refractivity contribution >= 4 is 33.8 Å². The molecule has 2 aromatic rings. The number of para-hydroxylation sites is 1. The standard InChI is InChI=1S/C23H29N5O2S/c1-4-18-7-5-6-8-20(18)25-21(29)14-27-9-11-28(12-10-27)15-22(30)26-23-19(13-24)16(2)17(3)31-23/h5-8H,4,9-12,14-15H2,1-3H3,(H,25,29)(H,26,30). The number of nitriles is 1. The number of thiophene rings is 1. The summed E-state index contributed by atoms with van der Waals surface area (Å²) in [5, 5.41) is 15.9. The van der Waals surface area contributed by atoms with Gasteiger partial charge in [0.1, 0.15) is 11.1 Å². The van der Waals surface area contributed by atoms with Gasteiger partial charge in [-0.25, -0.2) is 0 Å². The molecule has 1 aliphatic heterocycles. The van der Waals surface area contributed by atoms with Crippen molar-refractivity contribution in [1.82, 2.24) is 9.80 Å². The van der Waals surface area contributed by atoms with Gasteiger partial charge in [-0.05, 0) is 37.5 Å². The molecule has 0 bridgehead atoms. The summed E-state index contributed by atoms with van der Waals surface area (Å²) < 4.78 is 0. The van der Waals surface area contributed by atoms with Crippen molar-refractivity contribution in [2.75, 3.05) is 49.9 Å². The van der Waals surface area contributed by atoms with Crippen LogP contribution in [0, 0.1) is 25.2 Å². The van der Waals surface area contributed by atoms with E-state index in [2.05, 4.69) is 33.4 Å². The second-order valence-electron chi connectivity index (χ2n) is 7.76. The first kappa shape index (κ1) is 22.9. The minimum absolute atomic E-state index is 0.0143. The number of carbonyl (C=O) groups excluding carboxylic acids is 2. The number of amides is 2. The highest BCUT2D eigenvalue weighted by molar-refractivity contribution is 7.16. The van der Waals surface area contributed by atoms with Crippen LogP contribution in [0.4, 0.5) is 10.7 Å². The molecule has 0 spiro atoms. The van der Waals surface area contributed by atoms with Crippen LogP contribution in [0.2, 0.25) is 0 Å². The molecule has 164 valence electrons. The van der Waals surface area contributed by atoms with E-state index in [0.29, 0.717) is 17.1 Å². The first-order valence-electron chi connectivity index (χ1n) is 10.5. The quantitative estimate of drug-likeness (QED) is 0.692. The van der Waals surface area contributed by atoms with Gasteiger partial charge >= 0.3 is 0 Å². The molecule has 1 saturated heterocycles. The van der Waals surface area contributed by atoms with Crippen LogP contribution in [0.1, 0.15) is 28.5 Å². The van der Waals surface area contributed by atoms with Gasteiger partial charge < -0.3 is 10.6 Å². The topological polar surface area (TPSA) is 88.5 Å². The molecule has 2 amide bonds. The van der Waals surface area contributed by atoms with Gasteiger partial charge in [-0.15, -0.1) is 11.3 Å². The van der Waals surface area contributed by atoms with Gasteiger partial charge in [0.05, 0.1) is 18.7 Å². The summed E-state index contributed by atoms with van der Waals surface area (Å²) >= 11 is 1.44. The molecule has 0 unspecified atom stereocenters. The lowest BCUT2D eigenvalue weighted by atomic mass is 10.1. The van der Waals surface area contributed by atoms with E-state index < -0.39 is 0 Å². The van der Waals surface area contributed by atoms with Crippen LogP contribution in [0.15, 0.2) is 24.3 Å². The molecule has 0 saturated carbocycles. The van der Waals surface area contributed by atoms with Crippen molar-refractivity contribution in [2.24, 2.45) is 0 Å². The molecule has 8 heteroatoms. The summed E-state index contributed by atoms with van der Waals surface area (Å²) in [4.78, 5) is 30.1. The number of rotatable bonds is 7. The van der Waals surface area contributed by atoms with Gasteiger partial charge in [-0.3, -0.25) is 19.4 Å². The first-order chi connectivity index (χ1) is 14.9. The molecule has 0 radical (unpaired) electrons. The Labute approximate surface area is 187 Å². The molecular weight excluding hydrogens is 410 g/mol. The predicted octanol–water partition coefficient (Wildman–Crippen LogP) is 2.99. The zero-order valence-corrected chi connectivity index (χ0v) is 19.1. The average molecular weight is 440 g/mol. The second-order valence-corrected chi connectivity index (χ2v) is 8.98. The molecule has 3 rings (SSSR count). The highest BCUT2D eigenvalue weighted by atomic mass is 32.1. The van der Waals surface area contributed by atoms with Crippen LogP contribution in [-0.4, -0.2) is 60.9 Å². The monoisotopic (exact) mass is 439 g/mol. The van der Waals surface area contributed by atoms with Gasteiger partial charge in [0, 0.05) is 36.7 Å². The zero-order valence-electron chi connectivity index (χ0n) is 18.3. The maximum Gasteiger partial charge on any atom is 0.239 e. The summed E-state index contributed by atoms with van der Waals surface area (Å²) in [6.45, 7) is 9.46. The van der Waals surface area contributed by atoms with Crippen molar-refractivity contribution < 1.29 is 9.59 Å². The van der Waals surface area contributed by atoms with E-state index in [4.69, 9.17) is 0 Å². The number of carbonyl (C=O) groups is 2. The van der Waals surface area contributed by atoms with Crippen LogP contribution >= 0.6 is 11.3 Å². The molecule has 1 fully saturated rings. The van der Waals surface area contributed by atoms with Crippen LogP contribution in [0.3, 0.4) is 0 Å². The first-order valence-corrected chi connectivity index (χ1v) is 11.3. The highest BCUT2D eigenvalue weighted by Gasteiger charge is 2.22. The minimum atomic E-state index is -0.111. The Morgan fingerprint density at radius 3 is 2.19 bits per heavy atom. The number of piperazine rings is 1. The Balaban J connectivity index is 1.44. The lowest BCUT2D eigenvalue weighted by Crippen LogP contribution is -2.50. The maximum atomic E-state index is 12.5. The molecule has 1 aromatic heterocycles. The third-order valence-electron chi connectivity index (χ3n) is 5.62. The zero-order chi connectivity index (χ0) is 22.4. The van der Waals surface area contributed by atoms with Crippen molar-refractivity contribution in [3.05, 3.63) is 45.8 Å². The number of nitrogens with zero attached hydrogens (tertiary/aromatic N) is 3. The average Bonchev–Trinajstić information content (AvgIpc) is 3.02. The van der Waals surface area contributed by atoms with E-state index in [-0.39, 0.29) is 18.4 Å². The van der Waals surface area contributed by atoms with E-state index in [1.165, 1.54) is 11.3 Å². The Bertz CT molecular complexity index is 986. The normalized spacial score (nSPS) is 14.8. The number of anilines is 2. The van der Waals surface area contributed by atoms with Crippen molar-refractivity contribution in [2.45, 2.75) is 27.2 Å². The number of benzene rings is 1. The lowest BCUT2D eigenvalue weighted by molar-refractivity contribution is -0.120. The molecule has 1 aromatic carbocycles. The van der Waals surface area contributed by atoms with Crippen LogP contribution in [-0.2, 0) is 16.0 Å². The SMILES string of the molecule is CCc1ccccc1NC(=O)CN1CCN(CC(=O)Nc2sc(C)c(C)c2C#N)CC1. The predicted molar refractivity (Wildman–Crippen MR) is 124 cm³/mol. The number of hydrogen-bond acceptors (Lipinski definition) is 6. The van der Waals surface area contributed by atoms with E-state index in [0.717, 1.165) is 54.3 Å². The molecule has 2 heterocycles. The fourth-order valence-electron chi connectivity index (χ4n) is 3.67. The van der Waals surface area contributed by atoms with Crippen molar-refractivity contribution in [3.63, 3.8) is 0 Å². The molecule has 7 nitrogen and oxygen atoms in total.